The molecule has 0 amide bonds. The van der Waals surface area contributed by atoms with Crippen molar-refractivity contribution in [1.82, 2.24) is 9.55 Å². The first-order valence-electron chi connectivity index (χ1n) is 9.76. The summed E-state index contributed by atoms with van der Waals surface area (Å²) in [7, 11) is 3.17. The molecule has 30 heavy (non-hydrogen) atoms. The number of halogens is 2. The van der Waals surface area contributed by atoms with Gasteiger partial charge in [-0.15, -0.1) is 11.3 Å². The zero-order chi connectivity index (χ0) is 22.4. The number of methoxy groups -OCH3 is 1. The van der Waals surface area contributed by atoms with Crippen LogP contribution in [-0.2, 0) is 18.2 Å². The van der Waals surface area contributed by atoms with Gasteiger partial charge in [0.05, 0.1) is 22.8 Å². The molecule has 162 valence electrons. The van der Waals surface area contributed by atoms with Gasteiger partial charge in [0.15, 0.2) is 5.13 Å². The van der Waals surface area contributed by atoms with Gasteiger partial charge in [0.2, 0.25) is 0 Å². The van der Waals surface area contributed by atoms with Gasteiger partial charge in [0, 0.05) is 17.5 Å². The van der Waals surface area contributed by atoms with Crippen LogP contribution in [0, 0.1) is 5.92 Å². The van der Waals surface area contributed by atoms with Crippen LogP contribution in [0.5, 0.6) is 0 Å². The van der Waals surface area contributed by atoms with Gasteiger partial charge >= 0.3 is 5.97 Å². The topological polar surface area (TPSA) is 56.1 Å². The molecule has 1 N–H and O–H groups in total. The Morgan fingerprint density at radius 2 is 1.90 bits per heavy atom. The van der Waals surface area contributed by atoms with Gasteiger partial charge in [-0.05, 0) is 36.6 Å². The van der Waals surface area contributed by atoms with Crippen LogP contribution in [0.1, 0.15) is 43.1 Å². The van der Waals surface area contributed by atoms with Gasteiger partial charge in [0.1, 0.15) is 11.5 Å². The summed E-state index contributed by atoms with van der Waals surface area (Å²) in [5.41, 5.74) is 2.28. The van der Waals surface area contributed by atoms with E-state index in [2.05, 4.69) is 19.2 Å². The van der Waals surface area contributed by atoms with E-state index in [1.54, 1.807) is 35.1 Å². The van der Waals surface area contributed by atoms with Crippen LogP contribution >= 0.6 is 34.5 Å². The second-order valence-corrected chi connectivity index (χ2v) is 8.70. The van der Waals surface area contributed by atoms with Crippen molar-refractivity contribution in [1.29, 1.82) is 0 Å². The van der Waals surface area contributed by atoms with Crippen molar-refractivity contribution >= 4 is 51.5 Å². The normalized spacial score (nSPS) is 10.6. The first-order valence-corrected chi connectivity index (χ1v) is 11.3. The van der Waals surface area contributed by atoms with Gasteiger partial charge in [-0.1, -0.05) is 57.0 Å². The van der Waals surface area contributed by atoms with Crippen LogP contribution in [0.4, 0.5) is 10.9 Å². The fraction of sp³-hybridized carbons (Fsp3) is 0.364. The molecule has 0 spiro atoms. The Morgan fingerprint density at radius 3 is 2.50 bits per heavy atom. The lowest BCUT2D eigenvalue weighted by Gasteiger charge is -2.06. The number of ether oxygens (including phenoxy) is 1. The summed E-state index contributed by atoms with van der Waals surface area (Å²) < 4.78 is 6.55. The van der Waals surface area contributed by atoms with Crippen LogP contribution < -0.4 is 5.32 Å². The highest BCUT2D eigenvalue weighted by Crippen LogP contribution is 2.36. The van der Waals surface area contributed by atoms with Crippen LogP contribution in [0.3, 0.4) is 0 Å². The molecule has 0 fully saturated rings. The molecule has 0 unspecified atom stereocenters. The molecule has 0 aliphatic carbocycles. The van der Waals surface area contributed by atoms with Crippen LogP contribution in [0.2, 0.25) is 10.0 Å². The summed E-state index contributed by atoms with van der Waals surface area (Å²) >= 11 is 13.9. The number of anilines is 2. The van der Waals surface area contributed by atoms with Gasteiger partial charge in [-0.2, -0.15) is 0 Å². The maximum absolute atomic E-state index is 11.8. The van der Waals surface area contributed by atoms with Crippen molar-refractivity contribution in [3.8, 4) is 11.3 Å². The molecule has 5 nitrogen and oxygen atoms in total. The Labute approximate surface area is 192 Å². The van der Waals surface area contributed by atoms with Crippen molar-refractivity contribution < 1.29 is 9.53 Å². The van der Waals surface area contributed by atoms with E-state index in [-0.39, 0.29) is 5.97 Å². The second kappa shape index (κ2) is 10.8. The first kappa shape index (κ1) is 24.3. The number of rotatable bonds is 6. The molecule has 2 heterocycles. The lowest BCUT2D eigenvalue weighted by Crippen LogP contribution is -2.09. The lowest BCUT2D eigenvalue weighted by atomic mass is 10.0. The average Bonchev–Trinajstić information content (AvgIpc) is 3.28. The van der Waals surface area contributed by atoms with Crippen molar-refractivity contribution in [2.75, 3.05) is 12.4 Å². The molecule has 3 aromatic rings. The molecule has 0 saturated carbocycles. The quantitative estimate of drug-likeness (QED) is 0.389. The molecular formula is C22H27Cl2N3O2S. The third-order valence-corrected chi connectivity index (χ3v) is 5.97. The van der Waals surface area contributed by atoms with E-state index >= 15 is 0 Å². The molecule has 0 radical (unpaired) electrons. The number of carbonyl (C=O) groups is 1. The molecule has 0 saturated heterocycles. The number of nitrogens with zero attached hydrogens (tertiary/aromatic N) is 2. The molecule has 2 aromatic heterocycles. The van der Waals surface area contributed by atoms with E-state index < -0.39 is 0 Å². The number of thiazole rings is 1. The van der Waals surface area contributed by atoms with E-state index in [1.807, 2.05) is 32.0 Å². The highest BCUT2D eigenvalue weighted by Gasteiger charge is 2.18. The molecule has 0 aliphatic rings. The maximum atomic E-state index is 11.8. The Bertz CT molecular complexity index is 1010. The van der Waals surface area contributed by atoms with E-state index in [1.165, 1.54) is 12.0 Å². The Hall–Kier alpha value is -2.02. The van der Waals surface area contributed by atoms with Crippen LogP contribution in [0.25, 0.3) is 11.3 Å². The van der Waals surface area contributed by atoms with Gasteiger partial charge in [0.25, 0.3) is 0 Å². The monoisotopic (exact) mass is 467 g/mol. The zero-order valence-corrected chi connectivity index (χ0v) is 20.4. The van der Waals surface area contributed by atoms with Crippen LogP contribution in [0.15, 0.2) is 30.3 Å². The highest BCUT2D eigenvalue weighted by atomic mass is 35.5. The predicted octanol–water partition coefficient (Wildman–Crippen LogP) is 7.21. The van der Waals surface area contributed by atoms with Crippen molar-refractivity contribution in [2.45, 2.75) is 34.1 Å². The number of hydrogen-bond donors (Lipinski definition) is 1. The number of hydrogen-bond acceptors (Lipinski definition) is 5. The molecule has 1 aromatic carbocycles. The largest absolute Gasteiger partial charge is 0.464 e. The van der Waals surface area contributed by atoms with E-state index in [0.717, 1.165) is 28.6 Å². The van der Waals surface area contributed by atoms with Crippen molar-refractivity contribution in [3.63, 3.8) is 0 Å². The van der Waals surface area contributed by atoms with E-state index in [9.17, 15) is 4.79 Å². The molecule has 0 bridgehead atoms. The summed E-state index contributed by atoms with van der Waals surface area (Å²) in [6.07, 6.45) is 0.898. The fourth-order valence-corrected chi connectivity index (χ4v) is 4.34. The lowest BCUT2D eigenvalue weighted by molar-refractivity contribution is 0.0590. The second-order valence-electron chi connectivity index (χ2n) is 6.80. The van der Waals surface area contributed by atoms with Crippen LogP contribution in [-0.4, -0.2) is 22.6 Å². The predicted molar refractivity (Wildman–Crippen MR) is 127 cm³/mol. The smallest absolute Gasteiger partial charge is 0.354 e. The molecule has 0 aliphatic heterocycles. The molecule has 3 rings (SSSR count). The highest BCUT2D eigenvalue weighted by molar-refractivity contribution is 7.16. The molecule has 8 heteroatoms. The first-order chi connectivity index (χ1) is 14.3. The third kappa shape index (κ3) is 5.56. The SMILES string of the molecule is CC.COC(=O)c1ccc(Nc2nc(-c3ccc(Cl)c(Cl)c3)c(CC(C)C)s2)n1C. The summed E-state index contributed by atoms with van der Waals surface area (Å²) in [6, 6.07) is 9.09. The Morgan fingerprint density at radius 1 is 1.20 bits per heavy atom. The number of carbonyl (C=O) groups excluding carboxylic acids is 1. The minimum atomic E-state index is -0.383. The number of aromatic nitrogens is 2. The molecule has 0 atom stereocenters. The number of nitrogens with one attached hydrogen (secondary N) is 1. The summed E-state index contributed by atoms with van der Waals surface area (Å²) in [5.74, 6) is 0.855. The van der Waals surface area contributed by atoms with Crippen molar-refractivity contribution in [2.24, 2.45) is 13.0 Å². The average molecular weight is 468 g/mol. The maximum Gasteiger partial charge on any atom is 0.354 e. The number of esters is 1. The van der Waals surface area contributed by atoms with Gasteiger partial charge in [-0.3, -0.25) is 0 Å². The zero-order valence-electron chi connectivity index (χ0n) is 18.0. The Kier molecular flexibility index (Phi) is 8.77. The fourth-order valence-electron chi connectivity index (χ4n) is 2.84. The van der Waals surface area contributed by atoms with E-state index in [4.69, 9.17) is 32.9 Å². The van der Waals surface area contributed by atoms with Gasteiger partial charge in [-0.25, -0.2) is 9.78 Å². The van der Waals surface area contributed by atoms with Crippen molar-refractivity contribution in [3.05, 3.63) is 50.9 Å². The summed E-state index contributed by atoms with van der Waals surface area (Å²) in [5, 5.41) is 5.07. The standard InChI is InChI=1S/C20H21Cl2N3O2S.C2H6/c1-11(2)9-16-18(12-5-6-13(21)14(22)10-12)24-20(28-16)23-17-8-7-15(25(17)3)19(26)27-4;1-2/h5-8,10-11H,9H2,1-4H3,(H,23,24);1-2H3. The van der Waals surface area contributed by atoms with E-state index in [0.29, 0.717) is 21.7 Å². The summed E-state index contributed by atoms with van der Waals surface area (Å²) in [4.78, 5) is 17.8. The molecular weight excluding hydrogens is 441 g/mol. The minimum absolute atomic E-state index is 0.383. The third-order valence-electron chi connectivity index (χ3n) is 4.24. The number of benzene rings is 1. The Balaban J connectivity index is 0.00000155. The summed E-state index contributed by atoms with van der Waals surface area (Å²) in [6.45, 7) is 8.34. The van der Waals surface area contributed by atoms with Gasteiger partial charge < -0.3 is 14.6 Å². The minimum Gasteiger partial charge on any atom is -0.464 e.